The van der Waals surface area contributed by atoms with Gasteiger partial charge in [-0.15, -0.1) is 0 Å². The maximum Gasteiger partial charge on any atom is 0.328 e. The topological polar surface area (TPSA) is 60.9 Å². The van der Waals surface area contributed by atoms with Crippen molar-refractivity contribution in [2.75, 3.05) is 26.2 Å². The van der Waals surface area contributed by atoms with Crippen LogP contribution in [0, 0.1) is 0 Å². The van der Waals surface area contributed by atoms with Crippen LogP contribution in [0.2, 0.25) is 10.0 Å². The Hall–Kier alpha value is -1.56. The molecule has 5 nitrogen and oxygen atoms in total. The summed E-state index contributed by atoms with van der Waals surface area (Å²) in [5.41, 5.74) is 1.74. The Morgan fingerprint density at radius 3 is 2.56 bits per heavy atom. The Kier molecular flexibility index (Phi) is 6.79. The molecule has 27 heavy (non-hydrogen) atoms. The molecule has 3 rings (SSSR count). The van der Waals surface area contributed by atoms with E-state index in [-0.39, 0.29) is 18.4 Å². The summed E-state index contributed by atoms with van der Waals surface area (Å²) in [5, 5.41) is 9.98. The van der Waals surface area contributed by atoms with Gasteiger partial charge in [-0.2, -0.15) is 0 Å². The first kappa shape index (κ1) is 20.2. The Balaban J connectivity index is 1.72. The molecule has 0 spiro atoms. The average Bonchev–Trinajstić information content (AvgIpc) is 3.11. The standard InChI is InChI=1S/C20H24Cl2N2O3/c21-17-4-3-14(10-18(17)22)11-19(25)24-8-5-15(12-20(26)27)9-16(24)13-23-6-1-2-7-23/h3-4,10,12,16H,1-2,5-9,11,13H2,(H,26,27). The van der Waals surface area contributed by atoms with Crippen molar-refractivity contribution in [3.8, 4) is 0 Å². The van der Waals surface area contributed by atoms with Gasteiger partial charge < -0.3 is 14.9 Å². The molecule has 1 atom stereocenters. The molecule has 7 heteroatoms. The van der Waals surface area contributed by atoms with E-state index in [1.165, 1.54) is 18.9 Å². The van der Waals surface area contributed by atoms with Gasteiger partial charge in [0, 0.05) is 25.2 Å². The predicted octanol–water partition coefficient (Wildman–Crippen LogP) is 3.63. The van der Waals surface area contributed by atoms with Crippen molar-refractivity contribution in [2.45, 2.75) is 38.1 Å². The second kappa shape index (κ2) is 9.09. The number of rotatable bonds is 5. The molecule has 2 fully saturated rings. The highest BCUT2D eigenvalue weighted by molar-refractivity contribution is 6.42. The molecule has 1 amide bonds. The van der Waals surface area contributed by atoms with Gasteiger partial charge in [0.05, 0.1) is 16.5 Å². The number of carbonyl (C=O) groups is 2. The van der Waals surface area contributed by atoms with E-state index in [9.17, 15) is 9.59 Å². The van der Waals surface area contributed by atoms with Gasteiger partial charge in [-0.1, -0.05) is 34.8 Å². The first-order chi connectivity index (χ1) is 12.9. The van der Waals surface area contributed by atoms with Gasteiger partial charge in [0.2, 0.25) is 5.91 Å². The van der Waals surface area contributed by atoms with Gasteiger partial charge in [0.1, 0.15) is 0 Å². The number of carbonyl (C=O) groups excluding carboxylic acids is 1. The lowest BCUT2D eigenvalue weighted by molar-refractivity contribution is -0.133. The summed E-state index contributed by atoms with van der Waals surface area (Å²) in [6, 6.07) is 5.27. The summed E-state index contributed by atoms with van der Waals surface area (Å²) >= 11 is 12.0. The van der Waals surface area contributed by atoms with E-state index in [4.69, 9.17) is 28.3 Å². The molecule has 0 aromatic heterocycles. The highest BCUT2D eigenvalue weighted by Gasteiger charge is 2.31. The van der Waals surface area contributed by atoms with E-state index in [0.29, 0.717) is 29.4 Å². The van der Waals surface area contributed by atoms with Crippen molar-refractivity contribution < 1.29 is 14.7 Å². The van der Waals surface area contributed by atoms with Gasteiger partial charge >= 0.3 is 5.97 Å². The lowest BCUT2D eigenvalue weighted by atomic mass is 9.94. The molecule has 0 radical (unpaired) electrons. The number of halogens is 2. The minimum atomic E-state index is -0.916. The smallest absolute Gasteiger partial charge is 0.328 e. The number of amides is 1. The first-order valence-corrected chi connectivity index (χ1v) is 10.1. The van der Waals surface area contributed by atoms with Crippen molar-refractivity contribution in [2.24, 2.45) is 0 Å². The van der Waals surface area contributed by atoms with Crippen LogP contribution in [0.4, 0.5) is 0 Å². The van der Waals surface area contributed by atoms with Crippen molar-refractivity contribution in [1.29, 1.82) is 0 Å². The van der Waals surface area contributed by atoms with Crippen LogP contribution < -0.4 is 0 Å². The molecule has 0 saturated carbocycles. The number of hydrogen-bond acceptors (Lipinski definition) is 3. The minimum Gasteiger partial charge on any atom is -0.478 e. The van der Waals surface area contributed by atoms with Gasteiger partial charge in [0.25, 0.3) is 0 Å². The lowest BCUT2D eigenvalue weighted by Gasteiger charge is -2.39. The molecule has 2 heterocycles. The van der Waals surface area contributed by atoms with Crippen LogP contribution in [-0.4, -0.2) is 59.0 Å². The number of hydrogen-bond donors (Lipinski definition) is 1. The monoisotopic (exact) mass is 410 g/mol. The molecule has 0 aliphatic carbocycles. The summed E-state index contributed by atoms with van der Waals surface area (Å²) in [6.45, 7) is 3.44. The van der Waals surface area contributed by atoms with Crippen molar-refractivity contribution in [1.82, 2.24) is 9.80 Å². The average molecular weight is 411 g/mol. The second-order valence-electron chi connectivity index (χ2n) is 7.27. The van der Waals surface area contributed by atoms with Gasteiger partial charge in [0.15, 0.2) is 0 Å². The molecule has 2 aliphatic rings. The van der Waals surface area contributed by atoms with Crippen molar-refractivity contribution in [3.05, 3.63) is 45.5 Å². The molecule has 1 unspecified atom stereocenters. The Morgan fingerprint density at radius 1 is 1.15 bits per heavy atom. The Labute approximate surface area is 169 Å². The maximum atomic E-state index is 13.0. The first-order valence-electron chi connectivity index (χ1n) is 9.30. The van der Waals surface area contributed by atoms with Crippen LogP contribution in [0.25, 0.3) is 0 Å². The van der Waals surface area contributed by atoms with Gasteiger partial charge in [-0.05, 0) is 56.5 Å². The Morgan fingerprint density at radius 2 is 1.89 bits per heavy atom. The summed E-state index contributed by atoms with van der Waals surface area (Å²) in [7, 11) is 0. The van der Waals surface area contributed by atoms with E-state index < -0.39 is 5.97 Å². The van der Waals surface area contributed by atoms with E-state index >= 15 is 0 Å². The quantitative estimate of drug-likeness (QED) is 0.752. The molecule has 1 aromatic carbocycles. The Bertz CT molecular complexity index is 745. The highest BCUT2D eigenvalue weighted by Crippen LogP contribution is 2.27. The number of carboxylic acid groups (broad SMARTS) is 1. The third kappa shape index (κ3) is 5.47. The molecular weight excluding hydrogens is 387 g/mol. The second-order valence-corrected chi connectivity index (χ2v) is 8.08. The fourth-order valence-corrected chi connectivity index (χ4v) is 4.27. The van der Waals surface area contributed by atoms with Crippen LogP contribution in [0.15, 0.2) is 29.8 Å². The van der Waals surface area contributed by atoms with Crippen molar-refractivity contribution >= 4 is 35.1 Å². The van der Waals surface area contributed by atoms with E-state index in [2.05, 4.69) is 4.90 Å². The van der Waals surface area contributed by atoms with E-state index in [1.54, 1.807) is 12.1 Å². The number of likely N-dealkylation sites (tertiary alicyclic amines) is 2. The van der Waals surface area contributed by atoms with E-state index in [0.717, 1.165) is 30.8 Å². The van der Waals surface area contributed by atoms with Crippen LogP contribution in [0.1, 0.15) is 31.2 Å². The third-order valence-corrected chi connectivity index (χ3v) is 6.01. The normalized spacial score (nSPS) is 22.4. The van der Waals surface area contributed by atoms with Crippen molar-refractivity contribution in [3.63, 3.8) is 0 Å². The van der Waals surface area contributed by atoms with Crippen LogP contribution >= 0.6 is 23.2 Å². The molecule has 2 saturated heterocycles. The van der Waals surface area contributed by atoms with Gasteiger partial charge in [-0.3, -0.25) is 4.79 Å². The number of carboxylic acids is 1. The number of aliphatic carboxylic acids is 1. The molecule has 2 aliphatic heterocycles. The predicted molar refractivity (Wildman–Crippen MR) is 106 cm³/mol. The third-order valence-electron chi connectivity index (χ3n) is 5.27. The summed E-state index contributed by atoms with van der Waals surface area (Å²) in [4.78, 5) is 28.3. The molecule has 0 bridgehead atoms. The zero-order chi connectivity index (χ0) is 19.4. The molecule has 1 aromatic rings. The number of nitrogens with zero attached hydrogens (tertiary/aromatic N) is 2. The summed E-state index contributed by atoms with van der Waals surface area (Å²) < 4.78 is 0. The fraction of sp³-hybridized carbons (Fsp3) is 0.500. The SMILES string of the molecule is O=C(O)C=C1CCN(C(=O)Cc2ccc(Cl)c(Cl)c2)C(CN2CCCC2)C1. The van der Waals surface area contributed by atoms with Crippen LogP contribution in [-0.2, 0) is 16.0 Å². The number of benzene rings is 1. The molecule has 1 N–H and O–H groups in total. The zero-order valence-corrected chi connectivity index (χ0v) is 16.7. The summed E-state index contributed by atoms with van der Waals surface area (Å²) in [5.74, 6) is -0.868. The maximum absolute atomic E-state index is 13.0. The van der Waals surface area contributed by atoms with Crippen LogP contribution in [0.3, 0.4) is 0 Å². The zero-order valence-electron chi connectivity index (χ0n) is 15.2. The van der Waals surface area contributed by atoms with Gasteiger partial charge in [-0.25, -0.2) is 4.79 Å². The minimum absolute atomic E-state index is 0.0118. The largest absolute Gasteiger partial charge is 0.478 e. The fourth-order valence-electron chi connectivity index (χ4n) is 3.95. The highest BCUT2D eigenvalue weighted by atomic mass is 35.5. The molecule has 146 valence electrons. The molecular formula is C20H24Cl2N2O3. The lowest BCUT2D eigenvalue weighted by Crippen LogP contribution is -2.50. The van der Waals surface area contributed by atoms with Crippen LogP contribution in [0.5, 0.6) is 0 Å². The summed E-state index contributed by atoms with van der Waals surface area (Å²) in [6.07, 6.45) is 5.17. The number of piperidine rings is 1. The van der Waals surface area contributed by atoms with E-state index in [1.807, 2.05) is 11.0 Å².